The van der Waals surface area contributed by atoms with Gasteiger partial charge < -0.3 is 30.5 Å². The van der Waals surface area contributed by atoms with Gasteiger partial charge in [0.05, 0.1) is 25.8 Å². The summed E-state index contributed by atoms with van der Waals surface area (Å²) in [5, 5.41) is 8.21. The molecule has 1 aliphatic heterocycles. The van der Waals surface area contributed by atoms with Gasteiger partial charge in [0.25, 0.3) is 5.91 Å². The molecule has 2 aromatic rings. The molecule has 0 saturated heterocycles. The molecule has 1 aliphatic rings. The van der Waals surface area contributed by atoms with Gasteiger partial charge in [-0.3, -0.25) is 19.2 Å². The minimum absolute atomic E-state index is 0.0868. The van der Waals surface area contributed by atoms with Gasteiger partial charge in [-0.25, -0.2) is 4.39 Å². The summed E-state index contributed by atoms with van der Waals surface area (Å²) in [4.78, 5) is 55.2. The van der Waals surface area contributed by atoms with E-state index in [0.717, 1.165) is 5.56 Å². The van der Waals surface area contributed by atoms with Crippen LogP contribution in [0.15, 0.2) is 67.0 Å². The van der Waals surface area contributed by atoms with Crippen LogP contribution < -0.4 is 16.0 Å². The third-order valence-corrected chi connectivity index (χ3v) is 7.22. The van der Waals surface area contributed by atoms with Crippen molar-refractivity contribution in [3.63, 3.8) is 0 Å². The summed E-state index contributed by atoms with van der Waals surface area (Å²) in [6.45, 7) is 7.07. The lowest BCUT2D eigenvalue weighted by Gasteiger charge is -2.36. The van der Waals surface area contributed by atoms with Gasteiger partial charge in [-0.2, -0.15) is 0 Å². The van der Waals surface area contributed by atoms with Gasteiger partial charge in [0.15, 0.2) is 0 Å². The summed E-state index contributed by atoms with van der Waals surface area (Å²) in [7, 11) is 1.64. The number of carbonyl (C=O) groups is 4. The number of nitrogens with one attached hydrogen (secondary N) is 3. The van der Waals surface area contributed by atoms with Crippen LogP contribution in [0, 0.1) is 11.2 Å². The van der Waals surface area contributed by atoms with Crippen LogP contribution in [-0.4, -0.2) is 78.3 Å². The molecule has 2 aromatic carbocycles. The molecule has 3 atom stereocenters. The van der Waals surface area contributed by atoms with Crippen molar-refractivity contribution in [2.24, 2.45) is 5.41 Å². The molecule has 0 aliphatic carbocycles. The van der Waals surface area contributed by atoms with Crippen molar-refractivity contribution < 1.29 is 28.3 Å². The average Bonchev–Trinajstić information content (AvgIpc) is 2.98. The molecule has 0 fully saturated rings. The highest BCUT2D eigenvalue weighted by molar-refractivity contribution is 5.94. The summed E-state index contributed by atoms with van der Waals surface area (Å²) < 4.78 is 20.0. The SMILES string of the molecule is CN[C@@H](C)C(=O)N[C@H](C(=O)NCC(=O)N1C=CN(CCc2ccccc2F)C(=O)[C@@H]1COCc1ccccc1)C(C)(C)C. The third-order valence-electron chi connectivity index (χ3n) is 7.22. The lowest BCUT2D eigenvalue weighted by Crippen LogP contribution is -2.58. The van der Waals surface area contributed by atoms with Crippen LogP contribution in [0.2, 0.25) is 0 Å². The molecular weight excluding hydrogens is 553 g/mol. The molecular formula is C32H42FN5O5. The van der Waals surface area contributed by atoms with Crippen LogP contribution in [-0.2, 0) is 36.9 Å². The quantitative estimate of drug-likeness (QED) is 0.327. The number of ether oxygens (including phenoxy) is 1. The minimum Gasteiger partial charge on any atom is -0.374 e. The van der Waals surface area contributed by atoms with Crippen molar-refractivity contribution in [1.82, 2.24) is 25.8 Å². The van der Waals surface area contributed by atoms with Crippen LogP contribution in [0.4, 0.5) is 4.39 Å². The van der Waals surface area contributed by atoms with E-state index in [0.29, 0.717) is 5.56 Å². The normalized spacial score (nSPS) is 16.5. The predicted molar refractivity (Wildman–Crippen MR) is 161 cm³/mol. The zero-order valence-corrected chi connectivity index (χ0v) is 25.4. The number of amides is 4. The molecule has 232 valence electrons. The van der Waals surface area contributed by atoms with Crippen molar-refractivity contribution in [3.05, 3.63) is 83.9 Å². The second kappa shape index (κ2) is 15.4. The fourth-order valence-electron chi connectivity index (χ4n) is 4.47. The maximum absolute atomic E-state index is 14.2. The molecule has 0 saturated carbocycles. The Bertz CT molecular complexity index is 1300. The Labute approximate surface area is 252 Å². The summed E-state index contributed by atoms with van der Waals surface area (Å²) >= 11 is 0. The molecule has 0 unspecified atom stereocenters. The molecule has 1 heterocycles. The summed E-state index contributed by atoms with van der Waals surface area (Å²) in [6.07, 6.45) is 3.25. The lowest BCUT2D eigenvalue weighted by molar-refractivity contribution is -0.146. The second-order valence-electron chi connectivity index (χ2n) is 11.5. The molecule has 10 nitrogen and oxygen atoms in total. The lowest BCUT2D eigenvalue weighted by atomic mass is 9.86. The maximum Gasteiger partial charge on any atom is 0.252 e. The van der Waals surface area contributed by atoms with E-state index in [1.165, 1.54) is 28.3 Å². The number of hydrogen-bond donors (Lipinski definition) is 3. The van der Waals surface area contributed by atoms with Crippen LogP contribution in [0.25, 0.3) is 0 Å². The number of nitrogens with zero attached hydrogens (tertiary/aromatic N) is 2. The number of rotatable bonds is 13. The number of hydrogen-bond acceptors (Lipinski definition) is 6. The highest BCUT2D eigenvalue weighted by Crippen LogP contribution is 2.20. The third kappa shape index (κ3) is 9.45. The molecule has 0 aromatic heterocycles. The monoisotopic (exact) mass is 595 g/mol. The standard InChI is InChI=1S/C32H42FN5O5/c1-22(34-5)29(40)36-28(32(2,3)4)30(41)35-19-27(39)38-18-17-37(16-15-24-13-9-10-14-25(24)33)31(42)26(38)21-43-20-23-11-7-6-8-12-23/h6-14,17-18,22,26,28,34H,15-16,19-21H2,1-5H3,(H,35,41)(H,36,40)/t22-,26-,28+/m0/s1. The fourth-order valence-corrected chi connectivity index (χ4v) is 4.47. The predicted octanol–water partition coefficient (Wildman–Crippen LogP) is 2.35. The van der Waals surface area contributed by atoms with Crippen molar-refractivity contribution in [3.8, 4) is 0 Å². The number of likely N-dealkylation sites (N-methyl/N-ethyl adjacent to an activating group) is 1. The van der Waals surface area contributed by atoms with Gasteiger partial charge in [0.1, 0.15) is 17.9 Å². The molecule has 0 spiro atoms. The minimum atomic E-state index is -0.992. The van der Waals surface area contributed by atoms with Gasteiger partial charge >= 0.3 is 0 Å². The molecule has 0 bridgehead atoms. The van der Waals surface area contributed by atoms with E-state index in [4.69, 9.17) is 4.74 Å². The maximum atomic E-state index is 14.2. The van der Waals surface area contributed by atoms with Crippen molar-refractivity contribution in [2.75, 3.05) is 26.7 Å². The van der Waals surface area contributed by atoms with E-state index in [-0.39, 0.29) is 43.8 Å². The molecule has 43 heavy (non-hydrogen) atoms. The zero-order valence-electron chi connectivity index (χ0n) is 25.4. The Morgan fingerprint density at radius 2 is 1.67 bits per heavy atom. The first-order chi connectivity index (χ1) is 20.4. The molecule has 11 heteroatoms. The molecule has 3 N–H and O–H groups in total. The van der Waals surface area contributed by atoms with E-state index < -0.39 is 41.9 Å². The van der Waals surface area contributed by atoms with E-state index in [9.17, 15) is 23.6 Å². The first-order valence-corrected chi connectivity index (χ1v) is 14.3. The van der Waals surface area contributed by atoms with Gasteiger partial charge in [0, 0.05) is 18.9 Å². The highest BCUT2D eigenvalue weighted by Gasteiger charge is 2.37. The van der Waals surface area contributed by atoms with Crippen LogP contribution in [0.5, 0.6) is 0 Å². The number of carbonyl (C=O) groups excluding carboxylic acids is 4. The van der Waals surface area contributed by atoms with E-state index >= 15 is 0 Å². The van der Waals surface area contributed by atoms with Gasteiger partial charge in [-0.15, -0.1) is 0 Å². The van der Waals surface area contributed by atoms with Gasteiger partial charge in [-0.05, 0) is 43.0 Å². The van der Waals surface area contributed by atoms with Crippen LogP contribution >= 0.6 is 0 Å². The van der Waals surface area contributed by atoms with E-state index in [1.807, 2.05) is 51.1 Å². The van der Waals surface area contributed by atoms with E-state index in [1.54, 1.807) is 32.2 Å². The Morgan fingerprint density at radius 1 is 1.00 bits per heavy atom. The summed E-state index contributed by atoms with van der Waals surface area (Å²) in [5.74, 6) is -2.13. The Balaban J connectivity index is 1.71. The Morgan fingerprint density at radius 3 is 2.33 bits per heavy atom. The van der Waals surface area contributed by atoms with Crippen molar-refractivity contribution >= 4 is 23.6 Å². The topological polar surface area (TPSA) is 120 Å². The molecule has 3 rings (SSSR count). The fraction of sp³-hybridized carbons (Fsp3) is 0.438. The molecule has 0 radical (unpaired) electrons. The van der Waals surface area contributed by atoms with Crippen molar-refractivity contribution in [2.45, 2.75) is 58.8 Å². The van der Waals surface area contributed by atoms with E-state index in [2.05, 4.69) is 16.0 Å². The van der Waals surface area contributed by atoms with Crippen molar-refractivity contribution in [1.29, 1.82) is 0 Å². The highest BCUT2D eigenvalue weighted by atomic mass is 19.1. The Hall–Kier alpha value is -4.09. The molecule has 4 amide bonds. The Kier molecular flexibility index (Phi) is 12.0. The first kappa shape index (κ1) is 33.4. The largest absolute Gasteiger partial charge is 0.374 e. The second-order valence-corrected chi connectivity index (χ2v) is 11.5. The first-order valence-electron chi connectivity index (χ1n) is 14.3. The number of halogens is 1. The van der Waals surface area contributed by atoms with Crippen LogP contribution in [0.3, 0.4) is 0 Å². The zero-order chi connectivity index (χ0) is 31.6. The smallest absolute Gasteiger partial charge is 0.252 e. The number of benzene rings is 2. The average molecular weight is 596 g/mol. The van der Waals surface area contributed by atoms with Gasteiger partial charge in [0.2, 0.25) is 17.7 Å². The summed E-state index contributed by atoms with van der Waals surface area (Å²) in [5.41, 5.74) is 0.751. The van der Waals surface area contributed by atoms with Crippen LogP contribution in [0.1, 0.15) is 38.8 Å². The summed E-state index contributed by atoms with van der Waals surface area (Å²) in [6, 6.07) is 13.4. The van der Waals surface area contributed by atoms with Gasteiger partial charge in [-0.1, -0.05) is 69.3 Å².